The van der Waals surface area contributed by atoms with Gasteiger partial charge in [-0.25, -0.2) is 4.39 Å². The summed E-state index contributed by atoms with van der Waals surface area (Å²) in [5.41, 5.74) is 1.66. The summed E-state index contributed by atoms with van der Waals surface area (Å²) in [5, 5.41) is 3.69. The molecule has 0 fully saturated rings. The third-order valence-electron chi connectivity index (χ3n) is 3.48. The number of nitrogens with zero attached hydrogens (tertiary/aromatic N) is 3. The van der Waals surface area contributed by atoms with E-state index in [0.717, 1.165) is 13.0 Å². The largest absolute Gasteiger partial charge is 0.356 e. The lowest BCUT2D eigenvalue weighted by atomic mass is 10.2. The predicted molar refractivity (Wildman–Crippen MR) is 92.2 cm³/mol. The molecule has 23 heavy (non-hydrogen) atoms. The van der Waals surface area contributed by atoms with Crippen molar-refractivity contribution >= 4 is 17.6 Å². The number of halogens is 2. The average molecular weight is 335 g/mol. The van der Waals surface area contributed by atoms with E-state index in [9.17, 15) is 4.39 Å². The Morgan fingerprint density at radius 3 is 2.70 bits per heavy atom. The van der Waals surface area contributed by atoms with Crippen molar-refractivity contribution in [3.05, 3.63) is 64.7 Å². The molecular weight excluding hydrogens is 315 g/mol. The standard InChI is InChI=1S/C17H20ClFN4/c1-20-17(22-11-8-13-6-9-21-10-7-13)23(2)12-14-15(18)4-3-5-16(14)19/h3-7,9-10H,8,11-12H2,1-2H3,(H,20,22). The Morgan fingerprint density at radius 1 is 1.30 bits per heavy atom. The van der Waals surface area contributed by atoms with Crippen LogP contribution in [-0.2, 0) is 13.0 Å². The molecule has 2 aromatic rings. The first-order chi connectivity index (χ1) is 11.1. The molecule has 0 bridgehead atoms. The van der Waals surface area contributed by atoms with E-state index < -0.39 is 0 Å². The highest BCUT2D eigenvalue weighted by Gasteiger charge is 2.12. The minimum atomic E-state index is -0.309. The van der Waals surface area contributed by atoms with E-state index in [0.29, 0.717) is 23.1 Å². The average Bonchev–Trinajstić information content (AvgIpc) is 2.56. The smallest absolute Gasteiger partial charge is 0.193 e. The molecule has 0 unspecified atom stereocenters. The molecule has 1 aromatic carbocycles. The van der Waals surface area contributed by atoms with Gasteiger partial charge in [0.15, 0.2) is 5.96 Å². The minimum Gasteiger partial charge on any atom is -0.356 e. The van der Waals surface area contributed by atoms with Gasteiger partial charge in [0, 0.05) is 50.2 Å². The fourth-order valence-electron chi connectivity index (χ4n) is 2.25. The molecule has 1 N–H and O–H groups in total. The van der Waals surface area contributed by atoms with Crippen molar-refractivity contribution in [1.82, 2.24) is 15.2 Å². The number of hydrogen-bond acceptors (Lipinski definition) is 2. The molecule has 0 aliphatic rings. The third kappa shape index (κ3) is 4.93. The Kier molecular flexibility index (Phi) is 6.35. The van der Waals surface area contributed by atoms with Crippen molar-refractivity contribution in [2.24, 2.45) is 4.99 Å². The number of nitrogens with one attached hydrogen (secondary N) is 1. The van der Waals surface area contributed by atoms with Crippen molar-refractivity contribution < 1.29 is 4.39 Å². The first-order valence-electron chi connectivity index (χ1n) is 7.35. The van der Waals surface area contributed by atoms with Gasteiger partial charge < -0.3 is 10.2 Å². The van der Waals surface area contributed by atoms with Crippen molar-refractivity contribution in [2.45, 2.75) is 13.0 Å². The maximum atomic E-state index is 13.9. The van der Waals surface area contributed by atoms with Crippen LogP contribution in [0, 0.1) is 5.82 Å². The molecule has 4 nitrogen and oxygen atoms in total. The third-order valence-corrected chi connectivity index (χ3v) is 3.83. The number of guanidine groups is 1. The summed E-state index contributed by atoms with van der Waals surface area (Å²) in [4.78, 5) is 10.1. The van der Waals surface area contributed by atoms with Gasteiger partial charge in [0.25, 0.3) is 0 Å². The fourth-order valence-corrected chi connectivity index (χ4v) is 2.47. The van der Waals surface area contributed by atoms with E-state index >= 15 is 0 Å². The van der Waals surface area contributed by atoms with Crippen LogP contribution in [0.2, 0.25) is 5.02 Å². The zero-order valence-electron chi connectivity index (χ0n) is 13.3. The Balaban J connectivity index is 1.92. The maximum Gasteiger partial charge on any atom is 0.193 e. The first-order valence-corrected chi connectivity index (χ1v) is 7.73. The molecule has 0 saturated heterocycles. The Morgan fingerprint density at radius 2 is 2.04 bits per heavy atom. The molecule has 0 atom stereocenters. The van der Waals surface area contributed by atoms with Crippen molar-refractivity contribution in [3.8, 4) is 0 Å². The highest BCUT2D eigenvalue weighted by Crippen LogP contribution is 2.20. The molecule has 0 radical (unpaired) electrons. The molecule has 6 heteroatoms. The molecular formula is C17H20ClFN4. The van der Waals surface area contributed by atoms with Crippen LogP contribution in [0.5, 0.6) is 0 Å². The predicted octanol–water partition coefficient (Wildman–Crippen LogP) is 3.12. The van der Waals surface area contributed by atoms with Crippen LogP contribution in [-0.4, -0.2) is 36.5 Å². The number of hydrogen-bond donors (Lipinski definition) is 1. The Labute approximate surface area is 141 Å². The van der Waals surface area contributed by atoms with Gasteiger partial charge in [-0.1, -0.05) is 17.7 Å². The minimum absolute atomic E-state index is 0.309. The molecule has 0 saturated carbocycles. The first kappa shape index (κ1) is 17.2. The molecule has 0 amide bonds. The number of aliphatic imine (C=N–C) groups is 1. The number of aromatic nitrogens is 1. The van der Waals surface area contributed by atoms with E-state index in [1.807, 2.05) is 24.1 Å². The summed E-state index contributed by atoms with van der Waals surface area (Å²) in [5.74, 6) is 0.384. The molecule has 0 aliphatic heterocycles. The summed E-state index contributed by atoms with van der Waals surface area (Å²) in [6.45, 7) is 1.08. The fraction of sp³-hybridized carbons (Fsp3) is 0.294. The van der Waals surface area contributed by atoms with Gasteiger partial charge in [-0.15, -0.1) is 0 Å². The number of pyridine rings is 1. The molecule has 1 heterocycles. The van der Waals surface area contributed by atoms with Crippen molar-refractivity contribution in [3.63, 3.8) is 0 Å². The van der Waals surface area contributed by atoms with Crippen molar-refractivity contribution in [2.75, 3.05) is 20.6 Å². The van der Waals surface area contributed by atoms with E-state index in [1.54, 1.807) is 31.6 Å². The molecule has 1 aromatic heterocycles. The van der Waals surface area contributed by atoms with Crippen LogP contribution in [0.25, 0.3) is 0 Å². The van der Waals surface area contributed by atoms with E-state index in [-0.39, 0.29) is 5.82 Å². The highest BCUT2D eigenvalue weighted by atomic mass is 35.5. The number of benzene rings is 1. The summed E-state index contributed by atoms with van der Waals surface area (Å²) >= 11 is 6.07. The lowest BCUT2D eigenvalue weighted by Crippen LogP contribution is -2.39. The normalized spacial score (nSPS) is 11.4. The maximum absolute atomic E-state index is 13.9. The lowest BCUT2D eigenvalue weighted by molar-refractivity contribution is 0.461. The molecule has 2 rings (SSSR count). The second kappa shape index (κ2) is 8.48. The SMILES string of the molecule is CN=C(NCCc1ccncc1)N(C)Cc1c(F)cccc1Cl. The van der Waals surface area contributed by atoms with Gasteiger partial charge >= 0.3 is 0 Å². The van der Waals surface area contributed by atoms with Gasteiger partial charge in [-0.05, 0) is 36.2 Å². The second-order valence-corrected chi connectivity index (χ2v) is 5.54. The quantitative estimate of drug-likeness (QED) is 0.674. The molecule has 0 aliphatic carbocycles. The van der Waals surface area contributed by atoms with E-state index in [1.165, 1.54) is 11.6 Å². The van der Waals surface area contributed by atoms with Crippen LogP contribution in [0.3, 0.4) is 0 Å². The second-order valence-electron chi connectivity index (χ2n) is 5.14. The summed E-state index contributed by atoms with van der Waals surface area (Å²) in [6.07, 6.45) is 4.41. The zero-order valence-corrected chi connectivity index (χ0v) is 14.0. The molecule has 122 valence electrons. The van der Waals surface area contributed by atoms with Crippen LogP contribution >= 0.6 is 11.6 Å². The van der Waals surface area contributed by atoms with Crippen LogP contribution in [0.1, 0.15) is 11.1 Å². The van der Waals surface area contributed by atoms with Crippen LogP contribution in [0.15, 0.2) is 47.7 Å². The van der Waals surface area contributed by atoms with Crippen LogP contribution < -0.4 is 5.32 Å². The Hall–Kier alpha value is -2.14. The zero-order chi connectivity index (χ0) is 16.7. The Bertz CT molecular complexity index is 641. The van der Waals surface area contributed by atoms with Crippen LogP contribution in [0.4, 0.5) is 4.39 Å². The monoisotopic (exact) mass is 334 g/mol. The summed E-state index contributed by atoms with van der Waals surface area (Å²) < 4.78 is 13.9. The van der Waals surface area contributed by atoms with E-state index in [4.69, 9.17) is 11.6 Å². The summed E-state index contributed by atoms with van der Waals surface area (Å²) in [6, 6.07) is 8.66. The van der Waals surface area contributed by atoms with Gasteiger partial charge in [-0.3, -0.25) is 9.98 Å². The topological polar surface area (TPSA) is 40.5 Å². The highest BCUT2D eigenvalue weighted by molar-refractivity contribution is 6.31. The van der Waals surface area contributed by atoms with E-state index in [2.05, 4.69) is 15.3 Å². The molecule has 0 spiro atoms. The van der Waals surface area contributed by atoms with Gasteiger partial charge in [-0.2, -0.15) is 0 Å². The number of rotatable bonds is 5. The van der Waals surface area contributed by atoms with Gasteiger partial charge in [0.05, 0.1) is 0 Å². The van der Waals surface area contributed by atoms with Crippen molar-refractivity contribution in [1.29, 1.82) is 0 Å². The summed E-state index contributed by atoms with van der Waals surface area (Å²) in [7, 11) is 3.55. The lowest BCUT2D eigenvalue weighted by Gasteiger charge is -2.23. The van der Waals surface area contributed by atoms with Gasteiger partial charge in [0.1, 0.15) is 5.82 Å². The van der Waals surface area contributed by atoms with Gasteiger partial charge in [0.2, 0.25) is 0 Å².